The molecule has 0 radical (unpaired) electrons. The van der Waals surface area contributed by atoms with E-state index in [1.54, 1.807) is 0 Å². The van der Waals surface area contributed by atoms with Crippen LogP contribution in [0.25, 0.3) is 0 Å². The molecular weight excluding hydrogens is 171 g/mol. The van der Waals surface area contributed by atoms with E-state index in [1.165, 1.54) is 14.0 Å². The molecule has 0 spiro atoms. The first-order valence-electron chi connectivity index (χ1n) is 4.82. The highest BCUT2D eigenvalue weighted by Crippen LogP contribution is 2.20. The molecule has 0 aliphatic rings. The first-order valence-corrected chi connectivity index (χ1v) is 4.82. The van der Waals surface area contributed by atoms with Gasteiger partial charge in [0.15, 0.2) is 0 Å². The average Bonchev–Trinajstić information content (AvgIpc) is 2.11. The van der Waals surface area contributed by atoms with E-state index >= 15 is 0 Å². The van der Waals surface area contributed by atoms with Gasteiger partial charge in [-0.05, 0) is 19.8 Å². The van der Waals surface area contributed by atoms with E-state index in [1.807, 2.05) is 0 Å². The summed E-state index contributed by atoms with van der Waals surface area (Å²) in [6, 6.07) is 0. The molecule has 0 amide bonds. The van der Waals surface area contributed by atoms with Crippen molar-refractivity contribution in [2.24, 2.45) is 0 Å². The number of esters is 1. The van der Waals surface area contributed by atoms with Gasteiger partial charge in [-0.3, -0.25) is 0 Å². The second-order valence-corrected chi connectivity index (χ2v) is 3.50. The fraction of sp³-hybridized carbons (Fsp3) is 0.900. The predicted octanol–water partition coefficient (Wildman–Crippen LogP) is 2.86. The van der Waals surface area contributed by atoms with E-state index in [0.717, 1.165) is 25.7 Å². The molecule has 0 heterocycles. The normalized spacial score (nSPS) is 15.1. The molecule has 0 N–H and O–H groups in total. The van der Waals surface area contributed by atoms with Crippen molar-refractivity contribution < 1.29 is 13.9 Å². The van der Waals surface area contributed by atoms with Crippen LogP contribution in [0.15, 0.2) is 0 Å². The van der Waals surface area contributed by atoms with Crippen molar-refractivity contribution in [3.05, 3.63) is 0 Å². The lowest BCUT2D eigenvalue weighted by molar-refractivity contribution is -0.154. The standard InChI is InChI=1S/C10H19FO2/c1-4-5-6-7-8-10(2,11)9(12)13-3/h4-8H2,1-3H3. The molecule has 0 rings (SSSR count). The third-order valence-electron chi connectivity index (χ3n) is 2.11. The lowest BCUT2D eigenvalue weighted by atomic mass is 10.00. The van der Waals surface area contributed by atoms with Crippen molar-refractivity contribution >= 4 is 5.97 Å². The Morgan fingerprint density at radius 1 is 1.38 bits per heavy atom. The number of alkyl halides is 1. The van der Waals surface area contributed by atoms with Gasteiger partial charge in [-0.1, -0.05) is 26.2 Å². The van der Waals surface area contributed by atoms with Gasteiger partial charge in [0.2, 0.25) is 5.67 Å². The summed E-state index contributed by atoms with van der Waals surface area (Å²) in [4.78, 5) is 10.9. The number of rotatable bonds is 6. The van der Waals surface area contributed by atoms with Crippen LogP contribution in [-0.2, 0) is 9.53 Å². The van der Waals surface area contributed by atoms with Gasteiger partial charge in [-0.15, -0.1) is 0 Å². The van der Waals surface area contributed by atoms with Crippen molar-refractivity contribution in [2.45, 2.75) is 51.6 Å². The highest BCUT2D eigenvalue weighted by Gasteiger charge is 2.33. The topological polar surface area (TPSA) is 26.3 Å². The lowest BCUT2D eigenvalue weighted by Crippen LogP contribution is -2.31. The van der Waals surface area contributed by atoms with Gasteiger partial charge in [0.05, 0.1) is 7.11 Å². The summed E-state index contributed by atoms with van der Waals surface area (Å²) in [7, 11) is 1.21. The zero-order valence-electron chi connectivity index (χ0n) is 8.73. The van der Waals surface area contributed by atoms with Gasteiger partial charge >= 0.3 is 5.97 Å². The van der Waals surface area contributed by atoms with E-state index in [9.17, 15) is 9.18 Å². The van der Waals surface area contributed by atoms with Gasteiger partial charge < -0.3 is 4.74 Å². The molecule has 0 aliphatic carbocycles. The highest BCUT2D eigenvalue weighted by molar-refractivity contribution is 5.78. The minimum atomic E-state index is -1.80. The smallest absolute Gasteiger partial charge is 0.343 e. The van der Waals surface area contributed by atoms with Crippen molar-refractivity contribution in [1.29, 1.82) is 0 Å². The Morgan fingerprint density at radius 2 is 2.00 bits per heavy atom. The molecule has 1 atom stereocenters. The number of halogens is 1. The fourth-order valence-corrected chi connectivity index (χ4v) is 1.20. The Hall–Kier alpha value is -0.600. The summed E-state index contributed by atoms with van der Waals surface area (Å²) in [5.74, 6) is -0.760. The number of hydrogen-bond acceptors (Lipinski definition) is 2. The van der Waals surface area contributed by atoms with E-state index in [-0.39, 0.29) is 6.42 Å². The molecular formula is C10H19FO2. The van der Waals surface area contributed by atoms with Crippen molar-refractivity contribution in [2.75, 3.05) is 7.11 Å². The fourth-order valence-electron chi connectivity index (χ4n) is 1.20. The molecule has 0 saturated carbocycles. The Balaban J connectivity index is 3.69. The average molecular weight is 190 g/mol. The van der Waals surface area contributed by atoms with Crippen LogP contribution in [0.4, 0.5) is 4.39 Å². The second-order valence-electron chi connectivity index (χ2n) is 3.50. The predicted molar refractivity (Wildman–Crippen MR) is 50.3 cm³/mol. The third-order valence-corrected chi connectivity index (χ3v) is 2.11. The monoisotopic (exact) mass is 190 g/mol. The van der Waals surface area contributed by atoms with Crippen molar-refractivity contribution in [1.82, 2.24) is 0 Å². The Kier molecular flexibility index (Phi) is 5.67. The van der Waals surface area contributed by atoms with Crippen molar-refractivity contribution in [3.8, 4) is 0 Å². The van der Waals surface area contributed by atoms with Gasteiger partial charge in [-0.25, -0.2) is 9.18 Å². The van der Waals surface area contributed by atoms with Crippen LogP contribution in [0.2, 0.25) is 0 Å². The molecule has 2 nitrogen and oxygen atoms in total. The molecule has 0 aromatic heterocycles. The molecule has 0 fully saturated rings. The van der Waals surface area contributed by atoms with E-state index in [4.69, 9.17) is 0 Å². The number of ether oxygens (including phenoxy) is 1. The minimum absolute atomic E-state index is 0.264. The Morgan fingerprint density at radius 3 is 2.46 bits per heavy atom. The maximum atomic E-state index is 13.4. The van der Waals surface area contributed by atoms with Crippen LogP contribution in [0.5, 0.6) is 0 Å². The van der Waals surface area contributed by atoms with Crippen LogP contribution in [-0.4, -0.2) is 18.7 Å². The van der Waals surface area contributed by atoms with Crippen molar-refractivity contribution in [3.63, 3.8) is 0 Å². The van der Waals surface area contributed by atoms with Gasteiger partial charge in [0.25, 0.3) is 0 Å². The maximum Gasteiger partial charge on any atom is 0.343 e. The number of hydrogen-bond donors (Lipinski definition) is 0. The van der Waals surface area contributed by atoms with Crippen LogP contribution >= 0.6 is 0 Å². The summed E-state index contributed by atoms with van der Waals surface area (Å²) in [6.45, 7) is 3.37. The van der Waals surface area contributed by atoms with Gasteiger partial charge in [-0.2, -0.15) is 0 Å². The molecule has 0 aromatic rings. The molecule has 0 aliphatic heterocycles. The summed E-state index contributed by atoms with van der Waals surface area (Å²) in [5.41, 5.74) is -1.80. The SMILES string of the molecule is CCCCCCC(C)(F)C(=O)OC. The van der Waals surface area contributed by atoms with Gasteiger partial charge in [0.1, 0.15) is 0 Å². The molecule has 0 aromatic carbocycles. The van der Waals surface area contributed by atoms with E-state index in [2.05, 4.69) is 11.7 Å². The Labute approximate surface area is 79.5 Å². The highest BCUT2D eigenvalue weighted by atomic mass is 19.1. The summed E-state index contributed by atoms with van der Waals surface area (Å²) in [6.07, 6.45) is 4.20. The maximum absolute atomic E-state index is 13.4. The van der Waals surface area contributed by atoms with Crippen LogP contribution in [0, 0.1) is 0 Å². The zero-order chi connectivity index (χ0) is 10.3. The van der Waals surface area contributed by atoms with Crippen LogP contribution < -0.4 is 0 Å². The number of carbonyl (C=O) groups is 1. The van der Waals surface area contributed by atoms with Gasteiger partial charge in [0, 0.05) is 0 Å². The first kappa shape index (κ1) is 12.4. The lowest BCUT2D eigenvalue weighted by Gasteiger charge is -2.16. The number of carbonyl (C=O) groups excluding carboxylic acids is 1. The molecule has 3 heteroatoms. The number of methoxy groups -OCH3 is 1. The Bertz CT molecular complexity index is 155. The second kappa shape index (κ2) is 5.95. The summed E-state index contributed by atoms with van der Waals surface area (Å²) in [5, 5.41) is 0. The number of unbranched alkanes of at least 4 members (excludes halogenated alkanes) is 3. The van der Waals surface area contributed by atoms with E-state index in [0.29, 0.717) is 0 Å². The largest absolute Gasteiger partial charge is 0.467 e. The van der Waals surface area contributed by atoms with E-state index < -0.39 is 11.6 Å². The molecule has 0 bridgehead atoms. The van der Waals surface area contributed by atoms with Crippen LogP contribution in [0.1, 0.15) is 46.0 Å². The minimum Gasteiger partial charge on any atom is -0.467 e. The molecule has 0 saturated heterocycles. The quantitative estimate of drug-likeness (QED) is 0.475. The molecule has 1 unspecified atom stereocenters. The third kappa shape index (κ3) is 4.86. The molecule has 78 valence electrons. The molecule has 13 heavy (non-hydrogen) atoms. The summed E-state index contributed by atoms with van der Waals surface area (Å²) < 4.78 is 17.8. The first-order chi connectivity index (χ1) is 6.04. The summed E-state index contributed by atoms with van der Waals surface area (Å²) >= 11 is 0. The zero-order valence-corrected chi connectivity index (χ0v) is 8.73. The van der Waals surface area contributed by atoms with Crippen LogP contribution in [0.3, 0.4) is 0 Å².